The second-order valence-electron chi connectivity index (χ2n) is 6.76. The van der Waals surface area contributed by atoms with Crippen molar-refractivity contribution in [2.45, 2.75) is 20.3 Å². The van der Waals surface area contributed by atoms with Crippen molar-refractivity contribution < 1.29 is 18.8 Å². The maximum atomic E-state index is 13.1. The van der Waals surface area contributed by atoms with Crippen LogP contribution >= 0.6 is 11.3 Å². The van der Waals surface area contributed by atoms with Gasteiger partial charge in [-0.05, 0) is 49.4 Å². The summed E-state index contributed by atoms with van der Waals surface area (Å²) >= 11 is 1.47. The van der Waals surface area contributed by atoms with Crippen LogP contribution < -0.4 is 16.0 Å². The number of carbonyl (C=O) groups is 3. The number of hydrogen-bond acceptors (Lipinski definition) is 5. The summed E-state index contributed by atoms with van der Waals surface area (Å²) in [6, 6.07) is 12.6. The lowest BCUT2D eigenvalue weighted by atomic mass is 10.2. The summed E-state index contributed by atoms with van der Waals surface area (Å²) in [5.74, 6) is -2.10. The first-order valence-corrected chi connectivity index (χ1v) is 10.3. The Hall–Kier alpha value is -3.59. The molecule has 0 unspecified atom stereocenters. The summed E-state index contributed by atoms with van der Waals surface area (Å²) < 4.78 is 13.1. The minimum Gasteiger partial charge on any atom is -0.347 e. The number of anilines is 2. The van der Waals surface area contributed by atoms with Gasteiger partial charge in [0.15, 0.2) is 0 Å². The Bertz CT molecular complexity index is 1110. The van der Waals surface area contributed by atoms with E-state index in [9.17, 15) is 18.8 Å². The third kappa shape index (κ3) is 6.19. The molecule has 0 bridgehead atoms. The van der Waals surface area contributed by atoms with Crippen molar-refractivity contribution in [3.05, 3.63) is 64.9 Å². The average molecular weight is 441 g/mol. The molecule has 0 aliphatic heterocycles. The fraction of sp³-hybridized carbons (Fsp3) is 0.182. The Morgan fingerprint density at radius 3 is 2.35 bits per heavy atom. The predicted octanol–water partition coefficient (Wildman–Crippen LogP) is 3.51. The maximum Gasteiger partial charge on any atom is 0.313 e. The number of aryl methyl sites for hydroxylation is 1. The van der Waals surface area contributed by atoms with Gasteiger partial charge < -0.3 is 16.0 Å². The van der Waals surface area contributed by atoms with Gasteiger partial charge in [0.05, 0.1) is 5.69 Å². The molecule has 7 nitrogen and oxygen atoms in total. The van der Waals surface area contributed by atoms with E-state index in [4.69, 9.17) is 0 Å². The highest BCUT2D eigenvalue weighted by Gasteiger charge is 2.15. The van der Waals surface area contributed by atoms with Crippen LogP contribution in [0.2, 0.25) is 0 Å². The van der Waals surface area contributed by atoms with Gasteiger partial charge in [-0.15, -0.1) is 11.3 Å². The molecule has 0 saturated heterocycles. The van der Waals surface area contributed by atoms with Crippen LogP contribution in [0.3, 0.4) is 0 Å². The van der Waals surface area contributed by atoms with E-state index in [1.165, 1.54) is 30.4 Å². The molecule has 1 aromatic heterocycles. The molecule has 9 heteroatoms. The van der Waals surface area contributed by atoms with E-state index >= 15 is 0 Å². The number of nitrogens with one attached hydrogen (secondary N) is 3. The highest BCUT2D eigenvalue weighted by Crippen LogP contribution is 2.28. The number of halogens is 1. The highest BCUT2D eigenvalue weighted by atomic mass is 32.1. The predicted molar refractivity (Wildman–Crippen MR) is 118 cm³/mol. The van der Waals surface area contributed by atoms with Gasteiger partial charge in [0.25, 0.3) is 0 Å². The molecule has 0 aliphatic rings. The Morgan fingerprint density at radius 2 is 1.68 bits per heavy atom. The van der Waals surface area contributed by atoms with Crippen LogP contribution in [0.4, 0.5) is 15.8 Å². The van der Waals surface area contributed by atoms with Crippen LogP contribution in [-0.2, 0) is 20.8 Å². The van der Waals surface area contributed by atoms with Crippen molar-refractivity contribution in [3.8, 4) is 10.6 Å². The van der Waals surface area contributed by atoms with Crippen LogP contribution in [0.15, 0.2) is 48.5 Å². The molecule has 0 saturated carbocycles. The summed E-state index contributed by atoms with van der Waals surface area (Å²) in [5, 5.41) is 8.47. The lowest BCUT2D eigenvalue weighted by molar-refractivity contribution is -0.136. The minimum absolute atomic E-state index is 0.234. The fourth-order valence-corrected chi connectivity index (χ4v) is 3.88. The molecule has 1 heterocycles. The third-order valence-corrected chi connectivity index (χ3v) is 5.53. The van der Waals surface area contributed by atoms with Crippen molar-refractivity contribution in [2.24, 2.45) is 0 Å². The molecule has 3 aromatic rings. The van der Waals surface area contributed by atoms with Crippen molar-refractivity contribution in [1.29, 1.82) is 0 Å². The summed E-state index contributed by atoms with van der Waals surface area (Å²) in [6.07, 6.45) is 0.516. The van der Waals surface area contributed by atoms with Gasteiger partial charge >= 0.3 is 11.8 Å². The zero-order valence-corrected chi connectivity index (χ0v) is 17.8. The first kappa shape index (κ1) is 22.1. The highest BCUT2D eigenvalue weighted by molar-refractivity contribution is 7.15. The molecule has 160 valence electrons. The summed E-state index contributed by atoms with van der Waals surface area (Å²) in [5.41, 5.74) is 2.57. The van der Waals surface area contributed by atoms with Gasteiger partial charge in [-0.25, -0.2) is 9.37 Å². The maximum absolute atomic E-state index is 13.1. The van der Waals surface area contributed by atoms with E-state index in [1.807, 2.05) is 6.92 Å². The van der Waals surface area contributed by atoms with Crippen molar-refractivity contribution in [1.82, 2.24) is 10.3 Å². The number of rotatable bonds is 6. The summed E-state index contributed by atoms with van der Waals surface area (Å²) in [6.45, 7) is 3.52. The second-order valence-corrected chi connectivity index (χ2v) is 7.84. The zero-order valence-electron chi connectivity index (χ0n) is 17.0. The van der Waals surface area contributed by atoms with Gasteiger partial charge in [0.2, 0.25) is 5.91 Å². The third-order valence-electron chi connectivity index (χ3n) is 4.27. The Morgan fingerprint density at radius 1 is 1.00 bits per heavy atom. The van der Waals surface area contributed by atoms with Crippen LogP contribution in [0.25, 0.3) is 10.6 Å². The number of hydrogen-bond donors (Lipinski definition) is 3. The van der Waals surface area contributed by atoms with Crippen molar-refractivity contribution >= 4 is 40.4 Å². The molecule has 0 radical (unpaired) electrons. The van der Waals surface area contributed by atoms with E-state index < -0.39 is 11.8 Å². The molecule has 0 spiro atoms. The molecule has 0 atom stereocenters. The minimum atomic E-state index is -0.798. The van der Waals surface area contributed by atoms with Gasteiger partial charge in [0.1, 0.15) is 10.8 Å². The van der Waals surface area contributed by atoms with Crippen LogP contribution in [0, 0.1) is 12.7 Å². The van der Waals surface area contributed by atoms with Crippen LogP contribution in [0.1, 0.15) is 17.5 Å². The molecule has 0 aliphatic carbocycles. The average Bonchev–Trinajstić information content (AvgIpc) is 3.08. The number of nitrogens with zero attached hydrogens (tertiary/aromatic N) is 1. The van der Waals surface area contributed by atoms with Gasteiger partial charge in [-0.1, -0.05) is 6.07 Å². The quantitative estimate of drug-likeness (QED) is 0.511. The van der Waals surface area contributed by atoms with Gasteiger partial charge in [-0.3, -0.25) is 14.4 Å². The van der Waals surface area contributed by atoms with Crippen molar-refractivity contribution in [2.75, 3.05) is 17.2 Å². The van der Waals surface area contributed by atoms with E-state index in [1.54, 1.807) is 36.4 Å². The van der Waals surface area contributed by atoms with Gasteiger partial charge in [-0.2, -0.15) is 0 Å². The number of amides is 3. The SMILES string of the molecule is CC(=O)Nc1cccc(NC(=O)C(=O)NCCc2sc(-c3ccc(F)cc3)nc2C)c1. The van der Waals surface area contributed by atoms with Crippen molar-refractivity contribution in [3.63, 3.8) is 0 Å². The fourth-order valence-electron chi connectivity index (χ4n) is 2.81. The summed E-state index contributed by atoms with van der Waals surface area (Å²) in [4.78, 5) is 40.8. The molecular weight excluding hydrogens is 419 g/mol. The first-order valence-electron chi connectivity index (χ1n) is 9.51. The van der Waals surface area contributed by atoms with E-state index in [0.29, 0.717) is 17.8 Å². The van der Waals surface area contributed by atoms with E-state index in [2.05, 4.69) is 20.9 Å². The lowest BCUT2D eigenvalue weighted by Crippen LogP contribution is -2.36. The second kappa shape index (κ2) is 9.94. The monoisotopic (exact) mass is 440 g/mol. The number of benzene rings is 2. The molecule has 3 rings (SSSR count). The number of aromatic nitrogens is 1. The Labute approximate surface area is 182 Å². The Balaban J connectivity index is 1.52. The first-order chi connectivity index (χ1) is 14.8. The Kier molecular flexibility index (Phi) is 7.09. The van der Waals surface area contributed by atoms with Crippen LogP contribution in [0.5, 0.6) is 0 Å². The smallest absolute Gasteiger partial charge is 0.313 e. The van der Waals surface area contributed by atoms with E-state index in [-0.39, 0.29) is 18.3 Å². The number of thiazole rings is 1. The molecule has 0 fully saturated rings. The number of carbonyl (C=O) groups excluding carboxylic acids is 3. The lowest BCUT2D eigenvalue weighted by Gasteiger charge is -2.08. The molecular formula is C22H21FN4O3S. The largest absolute Gasteiger partial charge is 0.347 e. The zero-order chi connectivity index (χ0) is 22.4. The normalized spacial score (nSPS) is 10.4. The topological polar surface area (TPSA) is 100 Å². The summed E-state index contributed by atoms with van der Waals surface area (Å²) in [7, 11) is 0. The molecule has 3 N–H and O–H groups in total. The molecule has 3 amide bonds. The van der Waals surface area contributed by atoms with Gasteiger partial charge in [0, 0.05) is 41.7 Å². The van der Waals surface area contributed by atoms with Crippen LogP contribution in [-0.4, -0.2) is 29.3 Å². The van der Waals surface area contributed by atoms with E-state index in [0.717, 1.165) is 21.1 Å². The standard InChI is InChI=1S/C22H21FN4O3S/c1-13-19(31-22(25-13)15-6-8-16(23)9-7-15)10-11-24-20(29)21(30)27-18-5-3-4-17(12-18)26-14(2)28/h3-9,12H,10-11H2,1-2H3,(H,24,29)(H,26,28)(H,27,30). The molecule has 31 heavy (non-hydrogen) atoms. The molecule has 2 aromatic carbocycles.